The van der Waals surface area contributed by atoms with Gasteiger partial charge >= 0.3 is 0 Å². The van der Waals surface area contributed by atoms with Crippen LogP contribution in [0.15, 0.2) is 90.2 Å². The number of fused-ring (bicyclic) bond motifs is 1. The van der Waals surface area contributed by atoms with Gasteiger partial charge in [-0.2, -0.15) is 0 Å². The number of anilines is 1. The Labute approximate surface area is 230 Å². The van der Waals surface area contributed by atoms with Crippen molar-refractivity contribution in [2.75, 3.05) is 11.6 Å². The van der Waals surface area contributed by atoms with E-state index in [0.29, 0.717) is 23.1 Å². The number of amides is 1. The van der Waals surface area contributed by atoms with Crippen molar-refractivity contribution < 1.29 is 4.79 Å². The van der Waals surface area contributed by atoms with Crippen LogP contribution in [0.2, 0.25) is 0 Å². The average molecular weight is 563 g/mol. The zero-order valence-corrected chi connectivity index (χ0v) is 22.0. The molecule has 1 amide bonds. The van der Waals surface area contributed by atoms with Gasteiger partial charge < -0.3 is 0 Å². The van der Waals surface area contributed by atoms with Crippen molar-refractivity contribution >= 4 is 27.8 Å². The summed E-state index contributed by atoms with van der Waals surface area (Å²) in [5.41, 5.74) is 3.48. The number of aromatic nitrogens is 4. The van der Waals surface area contributed by atoms with Gasteiger partial charge in [0.25, 0.3) is 0 Å². The molecule has 2 aliphatic rings. The Balaban J connectivity index is 0.000000170. The third-order valence-corrected chi connectivity index (χ3v) is 6.36. The predicted molar refractivity (Wildman–Crippen MR) is 148 cm³/mol. The average Bonchev–Trinajstić information content (AvgIpc) is 3.54. The molecule has 8 heteroatoms. The van der Waals surface area contributed by atoms with Crippen molar-refractivity contribution in [3.05, 3.63) is 112 Å². The highest BCUT2D eigenvalue weighted by Crippen LogP contribution is 2.31. The lowest BCUT2D eigenvalue weighted by Crippen LogP contribution is -2.40. The predicted octanol–water partition coefficient (Wildman–Crippen LogP) is 4.63. The molecule has 4 heterocycles. The fourth-order valence-electron chi connectivity index (χ4n) is 4.15. The molecule has 0 N–H and O–H groups in total. The number of hydrogen-bond acceptors (Lipinski definition) is 6. The van der Waals surface area contributed by atoms with Gasteiger partial charge in [-0.3, -0.25) is 4.79 Å². The number of carbonyl (C=O) groups is 1. The maximum atomic E-state index is 12.2. The van der Waals surface area contributed by atoms with Crippen LogP contribution in [-0.4, -0.2) is 43.4 Å². The molecular weight excluding hydrogens is 540 g/mol. The molecule has 0 radical (unpaired) electrons. The van der Waals surface area contributed by atoms with Crippen LogP contribution in [0.3, 0.4) is 0 Å². The standard InChI is InChI=1S/C18H16N4O.C12H7BrN2/c23-17-11-16-7-4-10-21(16)22(17)18-19-12-15(13-20-18)9-8-14-5-2-1-3-6-14;13-12-14-8-11(9-15-12)7-6-10-4-2-1-3-5-10/h1-3,5-6,12-13,16H,4,7,10-11H2;1-5,8-9H. The summed E-state index contributed by atoms with van der Waals surface area (Å²) in [4.78, 5) is 28.8. The van der Waals surface area contributed by atoms with E-state index in [9.17, 15) is 4.79 Å². The summed E-state index contributed by atoms with van der Waals surface area (Å²) in [6.45, 7) is 0.898. The number of halogens is 1. The molecule has 4 aromatic rings. The summed E-state index contributed by atoms with van der Waals surface area (Å²) in [5, 5.41) is 3.72. The first kappa shape index (κ1) is 25.3. The Morgan fingerprint density at radius 3 is 1.76 bits per heavy atom. The normalized spacial score (nSPS) is 15.9. The Morgan fingerprint density at radius 2 is 1.21 bits per heavy atom. The number of hydrazine groups is 1. The molecule has 0 spiro atoms. The van der Waals surface area contributed by atoms with Gasteiger partial charge in [-0.05, 0) is 53.0 Å². The molecule has 1 unspecified atom stereocenters. The number of rotatable bonds is 1. The molecular formula is C30H23BrN6O. The number of nitrogens with zero attached hydrogens (tertiary/aromatic N) is 6. The zero-order chi connectivity index (χ0) is 26.2. The first-order chi connectivity index (χ1) is 18.7. The van der Waals surface area contributed by atoms with Gasteiger partial charge in [0.2, 0.25) is 11.9 Å². The largest absolute Gasteiger partial charge is 0.273 e. The van der Waals surface area contributed by atoms with Crippen LogP contribution in [0.1, 0.15) is 41.5 Å². The van der Waals surface area contributed by atoms with Crippen LogP contribution >= 0.6 is 15.9 Å². The van der Waals surface area contributed by atoms with E-state index in [1.54, 1.807) is 29.8 Å². The van der Waals surface area contributed by atoms with Gasteiger partial charge in [0.1, 0.15) is 0 Å². The fraction of sp³-hybridized carbons (Fsp3) is 0.167. The molecule has 7 nitrogen and oxygen atoms in total. The first-order valence-electron chi connectivity index (χ1n) is 12.2. The summed E-state index contributed by atoms with van der Waals surface area (Å²) < 4.78 is 0.577. The van der Waals surface area contributed by atoms with Crippen molar-refractivity contribution in [3.63, 3.8) is 0 Å². The highest BCUT2D eigenvalue weighted by atomic mass is 79.9. The lowest BCUT2D eigenvalue weighted by atomic mass is 10.2. The topological polar surface area (TPSA) is 75.1 Å². The molecule has 6 rings (SSSR count). The fourth-order valence-corrected chi connectivity index (χ4v) is 4.36. The van der Waals surface area contributed by atoms with E-state index < -0.39 is 0 Å². The minimum absolute atomic E-state index is 0.0813. The molecule has 2 fully saturated rings. The van der Waals surface area contributed by atoms with E-state index in [0.717, 1.165) is 41.6 Å². The smallest absolute Gasteiger partial charge is 0.247 e. The van der Waals surface area contributed by atoms with Crippen LogP contribution in [0.5, 0.6) is 0 Å². The lowest BCUT2D eigenvalue weighted by molar-refractivity contribution is -0.118. The number of carbonyl (C=O) groups excluding carboxylic acids is 1. The first-order valence-corrected chi connectivity index (χ1v) is 13.0. The molecule has 2 saturated heterocycles. The van der Waals surface area contributed by atoms with E-state index in [1.165, 1.54) is 0 Å². The Hall–Kier alpha value is -4.37. The van der Waals surface area contributed by atoms with Crippen molar-refractivity contribution in [1.29, 1.82) is 0 Å². The van der Waals surface area contributed by atoms with Crippen molar-refractivity contribution in [2.45, 2.75) is 25.3 Å². The van der Waals surface area contributed by atoms with Gasteiger partial charge in [-0.15, -0.1) is 0 Å². The SMILES string of the molecule is Brc1ncc(C#Cc2ccccc2)cn1.O=C1CC2CCCN2N1c1ncc(C#Cc2ccccc2)cn1. The second kappa shape index (κ2) is 12.2. The van der Waals surface area contributed by atoms with Gasteiger partial charge in [0, 0.05) is 54.9 Å². The van der Waals surface area contributed by atoms with Gasteiger partial charge in [0.15, 0.2) is 4.73 Å². The molecule has 1 atom stereocenters. The quantitative estimate of drug-likeness (QED) is 0.249. The maximum Gasteiger partial charge on any atom is 0.247 e. The van der Waals surface area contributed by atoms with Crippen LogP contribution in [0.25, 0.3) is 0 Å². The summed E-state index contributed by atoms with van der Waals surface area (Å²) in [7, 11) is 0. The second-order valence-electron chi connectivity index (χ2n) is 8.61. The van der Waals surface area contributed by atoms with E-state index in [-0.39, 0.29) is 5.91 Å². The minimum Gasteiger partial charge on any atom is -0.273 e. The maximum absolute atomic E-state index is 12.2. The summed E-state index contributed by atoms with van der Waals surface area (Å²) in [6, 6.07) is 19.9. The van der Waals surface area contributed by atoms with Crippen molar-refractivity contribution in [3.8, 4) is 23.7 Å². The van der Waals surface area contributed by atoms with Crippen LogP contribution in [0, 0.1) is 23.7 Å². The van der Waals surface area contributed by atoms with E-state index in [4.69, 9.17) is 0 Å². The highest BCUT2D eigenvalue weighted by Gasteiger charge is 2.42. The van der Waals surface area contributed by atoms with Crippen molar-refractivity contribution in [1.82, 2.24) is 24.9 Å². The zero-order valence-electron chi connectivity index (χ0n) is 20.5. The summed E-state index contributed by atoms with van der Waals surface area (Å²) in [6.07, 6.45) is 9.49. The molecule has 2 aromatic carbocycles. The molecule has 0 aliphatic carbocycles. The monoisotopic (exact) mass is 562 g/mol. The van der Waals surface area contributed by atoms with E-state index in [1.807, 2.05) is 60.7 Å². The van der Waals surface area contributed by atoms with Crippen LogP contribution in [0.4, 0.5) is 5.95 Å². The Bertz CT molecular complexity index is 1500. The Kier molecular flexibility index (Phi) is 8.15. The number of hydrogen-bond donors (Lipinski definition) is 0. The van der Waals surface area contributed by atoms with E-state index >= 15 is 0 Å². The van der Waals surface area contributed by atoms with E-state index in [2.05, 4.69) is 64.6 Å². The minimum atomic E-state index is 0.0813. The Morgan fingerprint density at radius 1 is 0.711 bits per heavy atom. The van der Waals surface area contributed by atoms with Crippen molar-refractivity contribution in [2.24, 2.45) is 0 Å². The molecule has 186 valence electrons. The van der Waals surface area contributed by atoms with Gasteiger partial charge in [-0.1, -0.05) is 60.1 Å². The molecule has 0 bridgehead atoms. The molecule has 0 saturated carbocycles. The molecule has 2 aliphatic heterocycles. The highest BCUT2D eigenvalue weighted by molar-refractivity contribution is 9.10. The second-order valence-corrected chi connectivity index (χ2v) is 9.32. The lowest BCUT2D eigenvalue weighted by Gasteiger charge is -2.24. The third-order valence-electron chi connectivity index (χ3n) is 5.95. The summed E-state index contributed by atoms with van der Waals surface area (Å²) >= 11 is 3.17. The van der Waals surface area contributed by atoms with Crippen LogP contribution < -0.4 is 5.01 Å². The van der Waals surface area contributed by atoms with Gasteiger partial charge in [0.05, 0.1) is 11.1 Å². The molecule has 2 aromatic heterocycles. The third kappa shape index (κ3) is 6.49. The summed E-state index contributed by atoms with van der Waals surface area (Å²) in [5.74, 6) is 12.7. The van der Waals surface area contributed by atoms with Gasteiger partial charge in [-0.25, -0.2) is 30.0 Å². The number of benzene rings is 2. The molecule has 38 heavy (non-hydrogen) atoms. The van der Waals surface area contributed by atoms with Crippen LogP contribution in [-0.2, 0) is 4.79 Å².